The average Bonchev–Trinajstić information content (AvgIpc) is 2.38. The molecule has 0 aliphatic rings. The number of nitrogens with zero attached hydrogens (tertiary/aromatic N) is 1. The first-order valence-corrected chi connectivity index (χ1v) is 10.4. The number of hydrogen-bond donors (Lipinski definition) is 0. The van der Waals surface area contributed by atoms with Crippen LogP contribution in [0.3, 0.4) is 0 Å². The lowest BCUT2D eigenvalue weighted by Gasteiger charge is -2.39. The van der Waals surface area contributed by atoms with Crippen LogP contribution in [0.1, 0.15) is 46.5 Å². The van der Waals surface area contributed by atoms with E-state index in [1.807, 2.05) is 0 Å². The number of carbonyl (C=O) groups is 2. The van der Waals surface area contributed by atoms with Crippen LogP contribution < -0.4 is 0 Å². The van der Waals surface area contributed by atoms with E-state index in [9.17, 15) is 9.59 Å². The molecule has 0 fully saturated rings. The van der Waals surface area contributed by atoms with Gasteiger partial charge in [0, 0.05) is 26.0 Å². The van der Waals surface area contributed by atoms with Crippen molar-refractivity contribution < 1.29 is 18.9 Å². The second kappa shape index (κ2) is 8.65. The van der Waals surface area contributed by atoms with Gasteiger partial charge in [-0.3, -0.25) is 9.63 Å². The molecule has 0 aromatic heterocycles. The molecule has 0 heterocycles. The second-order valence-electron chi connectivity index (χ2n) is 6.86. The average molecular weight is 318 g/mol. The number of aldehydes is 1. The Balaban J connectivity index is 4.66. The monoisotopic (exact) mass is 317 g/mol. The van der Waals surface area contributed by atoms with E-state index >= 15 is 0 Å². The number of rotatable bonds is 9. The summed E-state index contributed by atoms with van der Waals surface area (Å²) >= 11 is 0. The molecule has 0 aliphatic carbocycles. The van der Waals surface area contributed by atoms with Gasteiger partial charge in [-0.1, -0.05) is 20.8 Å². The fourth-order valence-corrected chi connectivity index (χ4v) is 3.08. The summed E-state index contributed by atoms with van der Waals surface area (Å²) in [7, 11) is 1.16. The molecule has 0 radical (unpaired) electrons. The Morgan fingerprint density at radius 1 is 1.29 bits per heavy atom. The maximum Gasteiger partial charge on any atom is 0.245 e. The van der Waals surface area contributed by atoms with E-state index in [2.05, 4.69) is 33.9 Å². The van der Waals surface area contributed by atoms with Gasteiger partial charge in [-0.05, 0) is 31.0 Å². The quantitative estimate of drug-likeness (QED) is 0.372. The predicted octanol–water partition coefficient (Wildman–Crippen LogP) is 3.16. The van der Waals surface area contributed by atoms with Crippen LogP contribution in [0.4, 0.5) is 0 Å². The molecule has 6 heteroatoms. The molecule has 124 valence electrons. The summed E-state index contributed by atoms with van der Waals surface area (Å²) in [5, 5.41) is 1.34. The summed E-state index contributed by atoms with van der Waals surface area (Å²) < 4.78 is 6.34. The zero-order valence-electron chi connectivity index (χ0n) is 14.6. The van der Waals surface area contributed by atoms with E-state index in [1.54, 1.807) is 7.05 Å². The highest BCUT2D eigenvalue weighted by atomic mass is 28.4. The van der Waals surface area contributed by atoms with Gasteiger partial charge in [0.05, 0.1) is 7.11 Å². The van der Waals surface area contributed by atoms with Crippen LogP contribution in [0.15, 0.2) is 0 Å². The molecule has 0 aromatic carbocycles. The second-order valence-corrected chi connectivity index (χ2v) is 11.6. The topological polar surface area (TPSA) is 55.8 Å². The third-order valence-electron chi connectivity index (χ3n) is 4.18. The van der Waals surface area contributed by atoms with Gasteiger partial charge in [0.2, 0.25) is 5.91 Å². The van der Waals surface area contributed by atoms with Crippen LogP contribution in [0.2, 0.25) is 18.1 Å². The normalized spacial score (nSPS) is 13.9. The Morgan fingerprint density at radius 3 is 2.29 bits per heavy atom. The van der Waals surface area contributed by atoms with E-state index in [4.69, 9.17) is 9.26 Å². The van der Waals surface area contributed by atoms with E-state index in [-0.39, 0.29) is 17.0 Å². The van der Waals surface area contributed by atoms with Crippen LogP contribution in [0.25, 0.3) is 0 Å². The molecule has 0 saturated carbocycles. The SMILES string of the molecule is CON(C)C(=O)CC[C@@H](CCC=O)O[Si](C)(C)C(C)(C)C. The number of carbonyl (C=O) groups excluding carboxylic acids is 2. The van der Waals surface area contributed by atoms with Gasteiger partial charge >= 0.3 is 0 Å². The summed E-state index contributed by atoms with van der Waals surface area (Å²) in [5.74, 6) is -0.0764. The number of hydrogen-bond acceptors (Lipinski definition) is 4. The summed E-state index contributed by atoms with van der Waals surface area (Å²) in [5.41, 5.74) is 0. The van der Waals surface area contributed by atoms with Crippen molar-refractivity contribution in [2.24, 2.45) is 0 Å². The molecule has 0 bridgehead atoms. The van der Waals surface area contributed by atoms with Gasteiger partial charge in [0.15, 0.2) is 8.32 Å². The van der Waals surface area contributed by atoms with Crippen molar-refractivity contribution in [2.45, 2.75) is 70.7 Å². The third kappa shape index (κ3) is 7.20. The fourth-order valence-electron chi connectivity index (χ4n) is 1.65. The van der Waals surface area contributed by atoms with Gasteiger partial charge < -0.3 is 9.22 Å². The Morgan fingerprint density at radius 2 is 1.86 bits per heavy atom. The lowest BCUT2D eigenvalue weighted by Crippen LogP contribution is -2.44. The van der Waals surface area contributed by atoms with E-state index in [0.717, 1.165) is 6.29 Å². The van der Waals surface area contributed by atoms with Gasteiger partial charge in [-0.2, -0.15) is 0 Å². The summed E-state index contributed by atoms with van der Waals surface area (Å²) in [6.07, 6.45) is 2.97. The first-order valence-electron chi connectivity index (χ1n) is 7.47. The molecular weight excluding hydrogens is 286 g/mol. The highest BCUT2D eigenvalue weighted by Crippen LogP contribution is 2.38. The van der Waals surface area contributed by atoms with E-state index in [1.165, 1.54) is 12.2 Å². The molecular formula is C15H31NO4Si. The minimum absolute atomic E-state index is 0.0507. The van der Waals surface area contributed by atoms with Crippen molar-refractivity contribution in [3.63, 3.8) is 0 Å². The lowest BCUT2D eigenvalue weighted by atomic mass is 10.1. The molecule has 0 aliphatic heterocycles. The van der Waals surface area contributed by atoms with Crippen LogP contribution in [-0.2, 0) is 18.9 Å². The summed E-state index contributed by atoms with van der Waals surface area (Å²) in [6, 6.07) is 0. The summed E-state index contributed by atoms with van der Waals surface area (Å²) in [4.78, 5) is 27.3. The Labute approximate surface area is 130 Å². The smallest absolute Gasteiger partial charge is 0.245 e. The van der Waals surface area contributed by atoms with Gasteiger partial charge in [0.25, 0.3) is 0 Å². The first kappa shape index (κ1) is 20.3. The maximum atomic E-state index is 11.8. The Hall–Kier alpha value is -0.723. The van der Waals surface area contributed by atoms with Crippen molar-refractivity contribution >= 4 is 20.5 Å². The Kier molecular flexibility index (Phi) is 8.36. The Bertz CT molecular complexity index is 339. The molecule has 21 heavy (non-hydrogen) atoms. The zero-order chi connectivity index (χ0) is 16.7. The van der Waals surface area contributed by atoms with Crippen LogP contribution in [0.5, 0.6) is 0 Å². The zero-order valence-corrected chi connectivity index (χ0v) is 15.6. The fraction of sp³-hybridized carbons (Fsp3) is 0.867. The molecule has 0 unspecified atom stereocenters. The molecule has 1 atom stereocenters. The number of hydroxylamine groups is 2. The van der Waals surface area contributed by atoms with Crippen LogP contribution >= 0.6 is 0 Å². The number of amides is 1. The van der Waals surface area contributed by atoms with E-state index < -0.39 is 8.32 Å². The molecule has 0 saturated heterocycles. The minimum atomic E-state index is -1.90. The molecule has 0 spiro atoms. The molecule has 1 amide bonds. The van der Waals surface area contributed by atoms with Gasteiger partial charge in [-0.15, -0.1) is 0 Å². The van der Waals surface area contributed by atoms with Crippen LogP contribution in [-0.4, -0.2) is 45.8 Å². The maximum absolute atomic E-state index is 11.8. The van der Waals surface area contributed by atoms with Crippen molar-refractivity contribution in [3.05, 3.63) is 0 Å². The largest absolute Gasteiger partial charge is 0.414 e. The van der Waals surface area contributed by atoms with Crippen molar-refractivity contribution in [1.29, 1.82) is 0 Å². The summed E-state index contributed by atoms with van der Waals surface area (Å²) in [6.45, 7) is 10.9. The van der Waals surface area contributed by atoms with Crippen molar-refractivity contribution in [3.8, 4) is 0 Å². The van der Waals surface area contributed by atoms with Crippen molar-refractivity contribution in [2.75, 3.05) is 14.2 Å². The standard InChI is InChI=1S/C15H31NO4Si/c1-15(2,3)21(6,7)20-13(9-8-12-17)10-11-14(18)16(4)19-5/h12-13H,8-11H2,1-7H3/t13-/m1/s1. The molecule has 0 N–H and O–H groups in total. The lowest BCUT2D eigenvalue weighted by molar-refractivity contribution is -0.169. The highest BCUT2D eigenvalue weighted by Gasteiger charge is 2.39. The van der Waals surface area contributed by atoms with Crippen LogP contribution in [0, 0.1) is 0 Å². The molecule has 5 nitrogen and oxygen atoms in total. The predicted molar refractivity (Wildman–Crippen MR) is 86.4 cm³/mol. The van der Waals surface area contributed by atoms with Gasteiger partial charge in [-0.25, -0.2) is 5.06 Å². The molecule has 0 rings (SSSR count). The third-order valence-corrected chi connectivity index (χ3v) is 8.71. The van der Waals surface area contributed by atoms with E-state index in [0.29, 0.717) is 25.7 Å². The highest BCUT2D eigenvalue weighted by molar-refractivity contribution is 6.74. The first-order chi connectivity index (χ1) is 9.55. The molecule has 0 aromatic rings. The minimum Gasteiger partial charge on any atom is -0.414 e. The van der Waals surface area contributed by atoms with Gasteiger partial charge in [0.1, 0.15) is 6.29 Å². The van der Waals surface area contributed by atoms with Crippen molar-refractivity contribution in [1.82, 2.24) is 5.06 Å².